The van der Waals surface area contributed by atoms with Crippen LogP contribution < -0.4 is 11.3 Å². The molecule has 100 valence electrons. The first kappa shape index (κ1) is 14.4. The molecule has 7 heteroatoms. The van der Waals surface area contributed by atoms with Gasteiger partial charge < -0.3 is 14.9 Å². The largest absolute Gasteiger partial charge is 0.385 e. The molecule has 18 heavy (non-hydrogen) atoms. The number of anilines is 1. The second-order valence-electron chi connectivity index (χ2n) is 3.65. The zero-order valence-electron chi connectivity index (χ0n) is 10.2. The third-order valence-electron chi connectivity index (χ3n) is 2.32. The Morgan fingerprint density at radius 3 is 2.83 bits per heavy atom. The number of benzene rings is 1. The number of nitro groups is 1. The molecule has 0 atom stereocenters. The van der Waals surface area contributed by atoms with Crippen LogP contribution in [-0.4, -0.2) is 25.2 Å². The molecule has 0 bridgehead atoms. The van der Waals surface area contributed by atoms with Gasteiger partial charge in [-0.15, -0.1) is 0 Å². The van der Waals surface area contributed by atoms with Crippen molar-refractivity contribution in [3.05, 3.63) is 33.9 Å². The third kappa shape index (κ3) is 4.28. The zero-order valence-corrected chi connectivity index (χ0v) is 10.2. The minimum atomic E-state index is -0.488. The summed E-state index contributed by atoms with van der Waals surface area (Å²) in [4.78, 5) is 10.2. The van der Waals surface area contributed by atoms with Gasteiger partial charge in [-0.2, -0.15) is 0 Å². The van der Waals surface area contributed by atoms with Gasteiger partial charge >= 0.3 is 0 Å². The average molecular weight is 255 g/mol. The molecule has 0 saturated heterocycles. The molecule has 7 nitrogen and oxygen atoms in total. The predicted molar refractivity (Wildman–Crippen MR) is 67.1 cm³/mol. The SMILES string of the molecule is COCCCOCc1ccc([N+](=O)[O-])c(NN)c1. The monoisotopic (exact) mass is 255 g/mol. The van der Waals surface area contributed by atoms with Crippen molar-refractivity contribution in [1.29, 1.82) is 0 Å². The summed E-state index contributed by atoms with van der Waals surface area (Å²) in [7, 11) is 1.63. The van der Waals surface area contributed by atoms with Gasteiger partial charge in [0.2, 0.25) is 0 Å². The van der Waals surface area contributed by atoms with Gasteiger partial charge in [0.15, 0.2) is 0 Å². The Bertz CT molecular complexity index is 398. The van der Waals surface area contributed by atoms with E-state index < -0.39 is 4.92 Å². The van der Waals surface area contributed by atoms with Crippen molar-refractivity contribution in [1.82, 2.24) is 0 Å². The fourth-order valence-corrected chi connectivity index (χ4v) is 1.44. The number of hydrogen-bond acceptors (Lipinski definition) is 6. The zero-order chi connectivity index (χ0) is 13.4. The fraction of sp³-hybridized carbons (Fsp3) is 0.455. The van der Waals surface area contributed by atoms with Gasteiger partial charge in [-0.1, -0.05) is 0 Å². The number of ether oxygens (including phenoxy) is 2. The summed E-state index contributed by atoms with van der Waals surface area (Å²) in [5.74, 6) is 5.24. The smallest absolute Gasteiger partial charge is 0.293 e. The summed E-state index contributed by atoms with van der Waals surface area (Å²) in [6, 6.07) is 4.66. The molecule has 0 aliphatic rings. The molecule has 0 heterocycles. The van der Waals surface area contributed by atoms with E-state index >= 15 is 0 Å². The lowest BCUT2D eigenvalue weighted by molar-refractivity contribution is -0.384. The van der Waals surface area contributed by atoms with Gasteiger partial charge in [-0.3, -0.25) is 16.0 Å². The Morgan fingerprint density at radius 2 is 2.22 bits per heavy atom. The lowest BCUT2D eigenvalue weighted by atomic mass is 10.2. The standard InChI is InChI=1S/C11H17N3O4/c1-17-5-2-6-18-8-9-3-4-11(14(15)16)10(7-9)13-12/h3-4,7,13H,2,5-6,8,12H2,1H3. The van der Waals surface area contributed by atoms with E-state index in [1.807, 2.05) is 0 Å². The Hall–Kier alpha value is -1.70. The first-order valence-electron chi connectivity index (χ1n) is 5.49. The maximum Gasteiger partial charge on any atom is 0.293 e. The van der Waals surface area contributed by atoms with E-state index in [4.69, 9.17) is 15.3 Å². The Kier molecular flexibility index (Phi) is 6.06. The summed E-state index contributed by atoms with van der Waals surface area (Å²) in [5, 5.41) is 10.7. The van der Waals surface area contributed by atoms with E-state index in [9.17, 15) is 10.1 Å². The lowest BCUT2D eigenvalue weighted by Crippen LogP contribution is -2.09. The molecule has 1 rings (SSSR count). The lowest BCUT2D eigenvalue weighted by Gasteiger charge is -2.07. The summed E-state index contributed by atoms with van der Waals surface area (Å²) < 4.78 is 10.3. The third-order valence-corrected chi connectivity index (χ3v) is 2.32. The van der Waals surface area contributed by atoms with Crippen LogP contribution in [0.2, 0.25) is 0 Å². The maximum atomic E-state index is 10.7. The van der Waals surface area contributed by atoms with Crippen LogP contribution >= 0.6 is 0 Å². The normalized spacial score (nSPS) is 10.3. The van der Waals surface area contributed by atoms with Crippen molar-refractivity contribution in [3.63, 3.8) is 0 Å². The van der Waals surface area contributed by atoms with Gasteiger partial charge in [0.1, 0.15) is 5.69 Å². The minimum absolute atomic E-state index is 0.0550. The van der Waals surface area contributed by atoms with Crippen LogP contribution in [0.25, 0.3) is 0 Å². The second-order valence-corrected chi connectivity index (χ2v) is 3.65. The highest BCUT2D eigenvalue weighted by molar-refractivity contribution is 5.61. The molecule has 0 aromatic heterocycles. The number of rotatable bonds is 8. The predicted octanol–water partition coefficient (Wildman–Crippen LogP) is 1.43. The Balaban J connectivity index is 2.54. The van der Waals surface area contributed by atoms with Crippen molar-refractivity contribution in [3.8, 4) is 0 Å². The van der Waals surface area contributed by atoms with Crippen molar-refractivity contribution in [2.24, 2.45) is 5.84 Å². The maximum absolute atomic E-state index is 10.7. The van der Waals surface area contributed by atoms with Crippen LogP contribution in [0, 0.1) is 10.1 Å². The molecule has 0 fully saturated rings. The number of nitro benzene ring substituents is 1. The van der Waals surface area contributed by atoms with Gasteiger partial charge in [-0.05, 0) is 24.1 Å². The van der Waals surface area contributed by atoms with E-state index in [1.165, 1.54) is 6.07 Å². The Labute approximate surface area is 105 Å². The van der Waals surface area contributed by atoms with E-state index in [1.54, 1.807) is 19.2 Å². The molecule has 0 amide bonds. The minimum Gasteiger partial charge on any atom is -0.385 e. The molecular weight excluding hydrogens is 238 g/mol. The quantitative estimate of drug-likeness (QED) is 0.315. The van der Waals surface area contributed by atoms with Gasteiger partial charge in [0.05, 0.1) is 11.5 Å². The van der Waals surface area contributed by atoms with Crippen LogP contribution in [0.15, 0.2) is 18.2 Å². The topological polar surface area (TPSA) is 99.6 Å². The summed E-state index contributed by atoms with van der Waals surface area (Å²) in [6.07, 6.45) is 0.811. The molecule has 0 unspecified atom stereocenters. The first-order chi connectivity index (χ1) is 8.69. The van der Waals surface area contributed by atoms with E-state index in [2.05, 4.69) is 5.43 Å². The molecule has 3 N–H and O–H groups in total. The van der Waals surface area contributed by atoms with Gasteiger partial charge in [0.25, 0.3) is 5.69 Å². The summed E-state index contributed by atoms with van der Waals surface area (Å²) >= 11 is 0. The van der Waals surface area contributed by atoms with Crippen molar-refractivity contribution in [2.45, 2.75) is 13.0 Å². The highest BCUT2D eigenvalue weighted by Gasteiger charge is 2.12. The molecule has 0 aliphatic carbocycles. The van der Waals surface area contributed by atoms with E-state index in [0.717, 1.165) is 12.0 Å². The van der Waals surface area contributed by atoms with Crippen LogP contribution in [-0.2, 0) is 16.1 Å². The molecule has 0 radical (unpaired) electrons. The van der Waals surface area contributed by atoms with Crippen LogP contribution in [0.1, 0.15) is 12.0 Å². The van der Waals surface area contributed by atoms with Crippen LogP contribution in [0.5, 0.6) is 0 Å². The Morgan fingerprint density at radius 1 is 1.44 bits per heavy atom. The van der Waals surface area contributed by atoms with Crippen LogP contribution in [0.3, 0.4) is 0 Å². The number of nitrogen functional groups attached to an aromatic ring is 1. The summed E-state index contributed by atoms with van der Waals surface area (Å²) in [5.41, 5.74) is 3.36. The molecule has 0 aliphatic heterocycles. The van der Waals surface area contributed by atoms with Gasteiger partial charge in [0, 0.05) is 26.4 Å². The van der Waals surface area contributed by atoms with Crippen molar-refractivity contribution in [2.75, 3.05) is 25.7 Å². The average Bonchev–Trinajstić information content (AvgIpc) is 2.38. The molecular formula is C11H17N3O4. The number of hydrazine groups is 1. The first-order valence-corrected chi connectivity index (χ1v) is 5.49. The highest BCUT2D eigenvalue weighted by Crippen LogP contribution is 2.24. The molecule has 1 aromatic carbocycles. The number of methoxy groups -OCH3 is 1. The van der Waals surface area contributed by atoms with Crippen LogP contribution in [0.4, 0.5) is 11.4 Å². The summed E-state index contributed by atoms with van der Waals surface area (Å²) in [6.45, 7) is 1.61. The molecule has 1 aromatic rings. The highest BCUT2D eigenvalue weighted by atomic mass is 16.6. The van der Waals surface area contributed by atoms with Gasteiger partial charge in [-0.25, -0.2) is 0 Å². The second kappa shape index (κ2) is 7.59. The van der Waals surface area contributed by atoms with Crippen molar-refractivity contribution < 1.29 is 14.4 Å². The number of nitrogens with zero attached hydrogens (tertiary/aromatic N) is 1. The molecule has 0 saturated carbocycles. The van der Waals surface area contributed by atoms with Crippen molar-refractivity contribution >= 4 is 11.4 Å². The molecule has 0 spiro atoms. The van der Waals surface area contributed by atoms with E-state index in [0.29, 0.717) is 19.8 Å². The van der Waals surface area contributed by atoms with E-state index in [-0.39, 0.29) is 11.4 Å². The number of nitrogens with one attached hydrogen (secondary N) is 1. The fourth-order valence-electron chi connectivity index (χ4n) is 1.44. The number of nitrogens with two attached hydrogens (primary N) is 1. The number of hydrogen-bond donors (Lipinski definition) is 2.